The Morgan fingerprint density at radius 2 is 1.95 bits per heavy atom. The lowest BCUT2D eigenvalue weighted by molar-refractivity contribution is 1.15. The van der Waals surface area contributed by atoms with Gasteiger partial charge in [0.1, 0.15) is 0 Å². The smallest absolute Gasteiger partial charge is 0.0705 e. The number of fused-ring (bicyclic) bond motifs is 1. The lowest BCUT2D eigenvalue weighted by atomic mass is 10.1. The van der Waals surface area contributed by atoms with Crippen LogP contribution in [0.2, 0.25) is 5.02 Å². The van der Waals surface area contributed by atoms with E-state index in [1.807, 2.05) is 49.5 Å². The Hall–Kier alpha value is -2.06. The van der Waals surface area contributed by atoms with E-state index in [-0.39, 0.29) is 0 Å². The quantitative estimate of drug-likeness (QED) is 0.746. The van der Waals surface area contributed by atoms with Crippen LogP contribution in [0.25, 0.3) is 10.9 Å². The monoisotopic (exact) mass is 282 g/mol. The zero-order valence-electron chi connectivity index (χ0n) is 11.2. The van der Waals surface area contributed by atoms with Gasteiger partial charge in [-0.15, -0.1) is 0 Å². The molecule has 0 bridgehead atoms. The third-order valence-corrected chi connectivity index (χ3v) is 3.65. The molecule has 1 heterocycles. The number of nitrogens with zero attached hydrogens (tertiary/aromatic N) is 1. The number of hydrogen-bond donors (Lipinski definition) is 1. The lowest BCUT2D eigenvalue weighted by Crippen LogP contribution is -2.01. The molecular weight excluding hydrogens is 268 g/mol. The highest BCUT2D eigenvalue weighted by Gasteiger charge is 2.03. The fourth-order valence-electron chi connectivity index (χ4n) is 2.26. The number of anilines is 1. The average Bonchev–Trinajstić information content (AvgIpc) is 2.46. The first kappa shape index (κ1) is 12.9. The number of benzene rings is 2. The van der Waals surface area contributed by atoms with Gasteiger partial charge in [-0.3, -0.25) is 4.98 Å². The van der Waals surface area contributed by atoms with Gasteiger partial charge >= 0.3 is 0 Å². The van der Waals surface area contributed by atoms with Gasteiger partial charge in [0.05, 0.1) is 16.2 Å². The van der Waals surface area contributed by atoms with E-state index in [0.717, 1.165) is 28.3 Å². The van der Waals surface area contributed by atoms with Crippen molar-refractivity contribution in [3.8, 4) is 0 Å². The zero-order chi connectivity index (χ0) is 13.9. The number of rotatable bonds is 3. The second-order valence-corrected chi connectivity index (χ2v) is 5.23. The van der Waals surface area contributed by atoms with Crippen LogP contribution in [0.3, 0.4) is 0 Å². The summed E-state index contributed by atoms with van der Waals surface area (Å²) in [5.41, 5.74) is 4.35. The predicted octanol–water partition coefficient (Wildman–Crippen LogP) is 4.81. The van der Waals surface area contributed by atoms with Crippen LogP contribution in [0.4, 0.5) is 5.69 Å². The van der Waals surface area contributed by atoms with Crippen LogP contribution in [0.15, 0.2) is 54.7 Å². The van der Waals surface area contributed by atoms with E-state index in [0.29, 0.717) is 0 Å². The molecule has 0 atom stereocenters. The highest BCUT2D eigenvalue weighted by atomic mass is 35.5. The van der Waals surface area contributed by atoms with Crippen LogP contribution in [0.1, 0.15) is 11.1 Å². The van der Waals surface area contributed by atoms with E-state index in [4.69, 9.17) is 11.6 Å². The number of halogens is 1. The molecule has 2 aromatic carbocycles. The molecule has 0 unspecified atom stereocenters. The van der Waals surface area contributed by atoms with Gasteiger partial charge in [-0.1, -0.05) is 35.9 Å². The first-order chi connectivity index (χ1) is 9.74. The maximum atomic E-state index is 6.24. The van der Waals surface area contributed by atoms with Crippen LogP contribution in [-0.4, -0.2) is 4.98 Å². The van der Waals surface area contributed by atoms with Crippen molar-refractivity contribution in [3.63, 3.8) is 0 Å². The molecule has 3 rings (SSSR count). The second-order valence-electron chi connectivity index (χ2n) is 4.82. The van der Waals surface area contributed by atoms with Gasteiger partial charge in [0, 0.05) is 18.1 Å². The molecular formula is C17H15ClN2. The molecule has 0 aliphatic carbocycles. The van der Waals surface area contributed by atoms with Gasteiger partial charge in [0.2, 0.25) is 0 Å². The van der Waals surface area contributed by atoms with Gasteiger partial charge in [-0.05, 0) is 42.3 Å². The lowest BCUT2D eigenvalue weighted by Gasteiger charge is -2.11. The van der Waals surface area contributed by atoms with Crippen molar-refractivity contribution in [2.24, 2.45) is 0 Å². The Bertz CT molecular complexity index is 748. The van der Waals surface area contributed by atoms with Crippen molar-refractivity contribution in [1.82, 2.24) is 4.98 Å². The van der Waals surface area contributed by atoms with Crippen molar-refractivity contribution < 1.29 is 0 Å². The number of aromatic nitrogens is 1. The summed E-state index contributed by atoms with van der Waals surface area (Å²) in [4.78, 5) is 4.37. The fraction of sp³-hybridized carbons (Fsp3) is 0.118. The zero-order valence-corrected chi connectivity index (χ0v) is 12.0. The van der Waals surface area contributed by atoms with Crippen LogP contribution < -0.4 is 5.32 Å². The Kier molecular flexibility index (Phi) is 3.57. The summed E-state index contributed by atoms with van der Waals surface area (Å²) in [6, 6.07) is 16.2. The summed E-state index contributed by atoms with van der Waals surface area (Å²) in [5.74, 6) is 0. The number of nitrogens with one attached hydrogen (secondary N) is 1. The van der Waals surface area contributed by atoms with Gasteiger partial charge in [-0.2, -0.15) is 0 Å². The van der Waals surface area contributed by atoms with Crippen molar-refractivity contribution in [2.45, 2.75) is 13.5 Å². The number of aryl methyl sites for hydroxylation is 1. The fourth-order valence-corrected chi connectivity index (χ4v) is 2.57. The minimum Gasteiger partial charge on any atom is -0.380 e. The van der Waals surface area contributed by atoms with Gasteiger partial charge in [0.15, 0.2) is 0 Å². The SMILES string of the molecule is Cc1ccc(NCc2ccnc3ccccc23)c(Cl)c1. The summed E-state index contributed by atoms with van der Waals surface area (Å²) < 4.78 is 0. The molecule has 0 radical (unpaired) electrons. The van der Waals surface area contributed by atoms with Crippen molar-refractivity contribution >= 4 is 28.2 Å². The summed E-state index contributed by atoms with van der Waals surface area (Å²) in [5, 5.41) is 5.31. The van der Waals surface area contributed by atoms with E-state index < -0.39 is 0 Å². The van der Waals surface area contributed by atoms with Crippen LogP contribution in [0, 0.1) is 6.92 Å². The van der Waals surface area contributed by atoms with E-state index in [1.165, 1.54) is 10.9 Å². The molecule has 0 saturated carbocycles. The largest absolute Gasteiger partial charge is 0.380 e. The average molecular weight is 283 g/mol. The maximum Gasteiger partial charge on any atom is 0.0705 e. The highest BCUT2D eigenvalue weighted by Crippen LogP contribution is 2.24. The van der Waals surface area contributed by atoms with E-state index in [2.05, 4.69) is 22.4 Å². The first-order valence-corrected chi connectivity index (χ1v) is 6.94. The predicted molar refractivity (Wildman–Crippen MR) is 85.3 cm³/mol. The molecule has 20 heavy (non-hydrogen) atoms. The van der Waals surface area contributed by atoms with Crippen LogP contribution in [0.5, 0.6) is 0 Å². The second kappa shape index (κ2) is 5.51. The minimum atomic E-state index is 0.728. The van der Waals surface area contributed by atoms with Gasteiger partial charge in [-0.25, -0.2) is 0 Å². The molecule has 0 fully saturated rings. The van der Waals surface area contributed by atoms with Crippen molar-refractivity contribution in [2.75, 3.05) is 5.32 Å². The minimum absolute atomic E-state index is 0.728. The number of para-hydroxylation sites is 1. The molecule has 1 aromatic heterocycles. The standard InChI is InChI=1S/C17H15ClN2/c1-12-6-7-17(15(18)10-12)20-11-13-8-9-19-16-5-3-2-4-14(13)16/h2-10,20H,11H2,1H3. The summed E-state index contributed by atoms with van der Waals surface area (Å²) in [6.45, 7) is 2.76. The Balaban J connectivity index is 1.87. The molecule has 0 saturated heterocycles. The number of pyridine rings is 1. The maximum absolute atomic E-state index is 6.24. The van der Waals surface area contributed by atoms with Crippen molar-refractivity contribution in [3.05, 3.63) is 70.9 Å². The van der Waals surface area contributed by atoms with E-state index in [1.54, 1.807) is 0 Å². The van der Waals surface area contributed by atoms with Gasteiger partial charge < -0.3 is 5.32 Å². The Labute approximate surface area is 123 Å². The topological polar surface area (TPSA) is 24.9 Å². The normalized spacial score (nSPS) is 10.7. The molecule has 2 nitrogen and oxygen atoms in total. The molecule has 3 aromatic rings. The van der Waals surface area contributed by atoms with E-state index in [9.17, 15) is 0 Å². The Morgan fingerprint density at radius 3 is 2.80 bits per heavy atom. The molecule has 0 aliphatic heterocycles. The molecule has 100 valence electrons. The van der Waals surface area contributed by atoms with Crippen molar-refractivity contribution in [1.29, 1.82) is 0 Å². The molecule has 0 aliphatic rings. The number of hydrogen-bond acceptors (Lipinski definition) is 2. The Morgan fingerprint density at radius 1 is 1.10 bits per heavy atom. The third kappa shape index (κ3) is 2.61. The summed E-state index contributed by atoms with van der Waals surface area (Å²) in [6.07, 6.45) is 1.84. The first-order valence-electron chi connectivity index (χ1n) is 6.57. The molecule has 3 heteroatoms. The molecule has 0 spiro atoms. The van der Waals surface area contributed by atoms with E-state index >= 15 is 0 Å². The van der Waals surface area contributed by atoms with Gasteiger partial charge in [0.25, 0.3) is 0 Å². The third-order valence-electron chi connectivity index (χ3n) is 3.33. The van der Waals surface area contributed by atoms with Crippen LogP contribution in [-0.2, 0) is 6.54 Å². The highest BCUT2D eigenvalue weighted by molar-refractivity contribution is 6.33. The summed E-state index contributed by atoms with van der Waals surface area (Å²) in [7, 11) is 0. The molecule has 1 N–H and O–H groups in total. The summed E-state index contributed by atoms with van der Waals surface area (Å²) >= 11 is 6.24. The van der Waals surface area contributed by atoms with Crippen LogP contribution >= 0.6 is 11.6 Å². The molecule has 0 amide bonds.